The first-order valence-electron chi connectivity index (χ1n) is 6.12. The van der Waals surface area contributed by atoms with Crippen molar-refractivity contribution in [1.29, 1.82) is 0 Å². The van der Waals surface area contributed by atoms with Crippen LogP contribution in [0.2, 0.25) is 0 Å². The third-order valence-electron chi connectivity index (χ3n) is 3.67. The van der Waals surface area contributed by atoms with Gasteiger partial charge in [-0.1, -0.05) is 12.8 Å². The molecule has 2 aliphatic rings. The molecule has 0 spiro atoms. The molecule has 2 rings (SSSR count). The molecular formula is C12H22O2. The van der Waals surface area contributed by atoms with Crippen LogP contribution >= 0.6 is 0 Å². The molecule has 2 fully saturated rings. The van der Waals surface area contributed by atoms with E-state index in [1.54, 1.807) is 0 Å². The fourth-order valence-corrected chi connectivity index (χ4v) is 2.70. The Morgan fingerprint density at radius 3 is 2.29 bits per heavy atom. The largest absolute Gasteiger partial charge is 0.390 e. The molecule has 0 aromatic carbocycles. The van der Waals surface area contributed by atoms with Crippen LogP contribution in [0.4, 0.5) is 0 Å². The Balaban J connectivity index is 1.87. The van der Waals surface area contributed by atoms with Gasteiger partial charge in [-0.15, -0.1) is 0 Å². The number of ether oxygens (including phenoxy) is 1. The lowest BCUT2D eigenvalue weighted by atomic mass is 9.94. The third-order valence-corrected chi connectivity index (χ3v) is 3.67. The SMILES string of the molecule is CCOC(C1CC1)C(O)C1CCCC1. The Morgan fingerprint density at radius 2 is 1.79 bits per heavy atom. The maximum absolute atomic E-state index is 10.2. The van der Waals surface area contributed by atoms with E-state index < -0.39 is 0 Å². The summed E-state index contributed by atoms with van der Waals surface area (Å²) < 4.78 is 5.69. The molecule has 2 aliphatic carbocycles. The Morgan fingerprint density at radius 1 is 1.14 bits per heavy atom. The van der Waals surface area contributed by atoms with Gasteiger partial charge in [0, 0.05) is 6.61 Å². The average molecular weight is 198 g/mol. The Labute approximate surface area is 86.6 Å². The second kappa shape index (κ2) is 4.63. The quantitative estimate of drug-likeness (QED) is 0.735. The summed E-state index contributed by atoms with van der Waals surface area (Å²) >= 11 is 0. The highest BCUT2D eigenvalue weighted by molar-refractivity contribution is 4.90. The number of hydrogen-bond acceptors (Lipinski definition) is 2. The highest BCUT2D eigenvalue weighted by Gasteiger charge is 2.40. The minimum Gasteiger partial charge on any atom is -0.390 e. The van der Waals surface area contributed by atoms with Crippen molar-refractivity contribution in [3.63, 3.8) is 0 Å². The monoisotopic (exact) mass is 198 g/mol. The molecule has 0 aromatic heterocycles. The van der Waals surface area contributed by atoms with E-state index in [9.17, 15) is 5.11 Å². The summed E-state index contributed by atoms with van der Waals surface area (Å²) in [6.45, 7) is 2.77. The normalized spacial score (nSPS) is 27.9. The summed E-state index contributed by atoms with van der Waals surface area (Å²) in [4.78, 5) is 0. The molecule has 0 saturated heterocycles. The van der Waals surface area contributed by atoms with Crippen LogP contribution < -0.4 is 0 Å². The smallest absolute Gasteiger partial charge is 0.0864 e. The standard InChI is InChI=1S/C12H22O2/c1-2-14-12(10-7-8-10)11(13)9-5-3-4-6-9/h9-13H,2-8H2,1H3. The van der Waals surface area contributed by atoms with Gasteiger partial charge in [-0.3, -0.25) is 0 Å². The van der Waals surface area contributed by atoms with Gasteiger partial charge in [0.25, 0.3) is 0 Å². The molecule has 2 saturated carbocycles. The number of rotatable bonds is 5. The first-order valence-corrected chi connectivity index (χ1v) is 6.12. The van der Waals surface area contributed by atoms with Crippen molar-refractivity contribution >= 4 is 0 Å². The molecule has 82 valence electrons. The first-order chi connectivity index (χ1) is 6.83. The summed E-state index contributed by atoms with van der Waals surface area (Å²) in [5.41, 5.74) is 0. The zero-order valence-electron chi connectivity index (χ0n) is 9.11. The molecule has 0 amide bonds. The van der Waals surface area contributed by atoms with E-state index >= 15 is 0 Å². The zero-order valence-corrected chi connectivity index (χ0v) is 9.11. The minimum absolute atomic E-state index is 0.142. The number of hydrogen-bond donors (Lipinski definition) is 1. The van der Waals surface area contributed by atoms with Crippen LogP contribution in [0.15, 0.2) is 0 Å². The molecule has 14 heavy (non-hydrogen) atoms. The lowest BCUT2D eigenvalue weighted by molar-refractivity contribution is -0.0679. The molecule has 0 aromatic rings. The van der Waals surface area contributed by atoms with Crippen LogP contribution in [-0.2, 0) is 4.74 Å². The Kier molecular flexibility index (Phi) is 3.45. The lowest BCUT2D eigenvalue weighted by Crippen LogP contribution is -2.36. The maximum atomic E-state index is 10.2. The van der Waals surface area contributed by atoms with Crippen LogP contribution in [0.5, 0.6) is 0 Å². The molecular weight excluding hydrogens is 176 g/mol. The van der Waals surface area contributed by atoms with Crippen LogP contribution in [-0.4, -0.2) is 23.9 Å². The first kappa shape index (κ1) is 10.4. The third kappa shape index (κ3) is 2.29. The van der Waals surface area contributed by atoms with E-state index in [1.807, 2.05) is 6.92 Å². The van der Waals surface area contributed by atoms with Crippen molar-refractivity contribution in [2.24, 2.45) is 11.8 Å². The van der Waals surface area contributed by atoms with E-state index in [2.05, 4.69) is 0 Å². The van der Waals surface area contributed by atoms with Gasteiger partial charge in [0.2, 0.25) is 0 Å². The summed E-state index contributed by atoms with van der Waals surface area (Å²) in [5.74, 6) is 1.18. The maximum Gasteiger partial charge on any atom is 0.0864 e. The fourth-order valence-electron chi connectivity index (χ4n) is 2.70. The van der Waals surface area contributed by atoms with E-state index in [1.165, 1.54) is 38.5 Å². The van der Waals surface area contributed by atoms with E-state index in [-0.39, 0.29) is 12.2 Å². The molecule has 0 bridgehead atoms. The van der Waals surface area contributed by atoms with Gasteiger partial charge in [-0.2, -0.15) is 0 Å². The van der Waals surface area contributed by atoms with Gasteiger partial charge in [-0.05, 0) is 44.4 Å². The molecule has 2 nitrogen and oxygen atoms in total. The van der Waals surface area contributed by atoms with Crippen LogP contribution in [0.1, 0.15) is 45.4 Å². The van der Waals surface area contributed by atoms with E-state index in [0.29, 0.717) is 11.8 Å². The highest BCUT2D eigenvalue weighted by atomic mass is 16.5. The van der Waals surface area contributed by atoms with Crippen LogP contribution in [0.25, 0.3) is 0 Å². The predicted molar refractivity (Wildman–Crippen MR) is 56.1 cm³/mol. The van der Waals surface area contributed by atoms with E-state index in [0.717, 1.165) is 6.61 Å². The molecule has 2 unspecified atom stereocenters. The number of aliphatic hydroxyl groups excluding tert-OH is 1. The van der Waals surface area contributed by atoms with Gasteiger partial charge in [0.05, 0.1) is 12.2 Å². The van der Waals surface area contributed by atoms with Crippen molar-refractivity contribution in [2.45, 2.75) is 57.7 Å². The molecule has 0 aliphatic heterocycles. The molecule has 0 radical (unpaired) electrons. The van der Waals surface area contributed by atoms with Crippen molar-refractivity contribution in [3.05, 3.63) is 0 Å². The summed E-state index contributed by atoms with van der Waals surface area (Å²) in [7, 11) is 0. The lowest BCUT2D eigenvalue weighted by Gasteiger charge is -2.27. The second-order valence-electron chi connectivity index (χ2n) is 4.79. The van der Waals surface area contributed by atoms with Crippen molar-refractivity contribution in [2.75, 3.05) is 6.61 Å². The molecule has 0 heterocycles. The Hall–Kier alpha value is -0.0800. The molecule has 2 atom stereocenters. The minimum atomic E-state index is -0.190. The van der Waals surface area contributed by atoms with Gasteiger partial charge in [0.1, 0.15) is 0 Å². The zero-order chi connectivity index (χ0) is 9.97. The van der Waals surface area contributed by atoms with Crippen LogP contribution in [0.3, 0.4) is 0 Å². The highest BCUT2D eigenvalue weighted by Crippen LogP contribution is 2.40. The van der Waals surface area contributed by atoms with E-state index in [4.69, 9.17) is 4.74 Å². The van der Waals surface area contributed by atoms with Crippen molar-refractivity contribution in [1.82, 2.24) is 0 Å². The van der Waals surface area contributed by atoms with Crippen molar-refractivity contribution < 1.29 is 9.84 Å². The predicted octanol–water partition coefficient (Wildman–Crippen LogP) is 2.35. The molecule has 2 heteroatoms. The Bertz CT molecular complexity index is 171. The number of aliphatic hydroxyl groups is 1. The van der Waals surface area contributed by atoms with Gasteiger partial charge < -0.3 is 9.84 Å². The topological polar surface area (TPSA) is 29.5 Å². The second-order valence-corrected chi connectivity index (χ2v) is 4.79. The molecule has 1 N–H and O–H groups in total. The summed E-state index contributed by atoms with van der Waals surface area (Å²) in [6.07, 6.45) is 7.47. The summed E-state index contributed by atoms with van der Waals surface area (Å²) in [5, 5.41) is 10.2. The van der Waals surface area contributed by atoms with Crippen LogP contribution in [0, 0.1) is 11.8 Å². The van der Waals surface area contributed by atoms with Crippen molar-refractivity contribution in [3.8, 4) is 0 Å². The average Bonchev–Trinajstić information content (AvgIpc) is 2.88. The summed E-state index contributed by atoms with van der Waals surface area (Å²) in [6, 6.07) is 0. The fraction of sp³-hybridized carbons (Fsp3) is 1.00. The van der Waals surface area contributed by atoms with Gasteiger partial charge in [-0.25, -0.2) is 0 Å². The van der Waals surface area contributed by atoms with Gasteiger partial charge >= 0.3 is 0 Å². The van der Waals surface area contributed by atoms with Gasteiger partial charge in [0.15, 0.2) is 0 Å².